The molecule has 148 valence electrons. The highest BCUT2D eigenvalue weighted by Gasteiger charge is 2.35. The van der Waals surface area contributed by atoms with Crippen molar-refractivity contribution >= 4 is 17.7 Å². The third-order valence-corrected chi connectivity index (χ3v) is 5.52. The highest BCUT2D eigenvalue weighted by Crippen LogP contribution is 2.35. The number of nitrogens with zero attached hydrogens (tertiary/aromatic N) is 1. The minimum absolute atomic E-state index is 0.0300. The summed E-state index contributed by atoms with van der Waals surface area (Å²) in [5, 5.41) is 8.36. The van der Waals surface area contributed by atoms with Gasteiger partial charge >= 0.3 is 12.1 Å². The normalized spacial score (nSPS) is 21.9. The molecule has 0 bridgehead atoms. The number of nitrogens with one attached hydrogen (secondary N) is 3. The van der Waals surface area contributed by atoms with Gasteiger partial charge in [-0.25, -0.2) is 14.0 Å². The predicted molar refractivity (Wildman–Crippen MR) is 103 cm³/mol. The molecule has 1 saturated carbocycles. The Hall–Kier alpha value is -2.31. The monoisotopic (exact) mass is 376 g/mol. The number of hydrogen-bond acceptors (Lipinski definition) is 2. The maximum absolute atomic E-state index is 12.8. The second-order valence-corrected chi connectivity index (χ2v) is 7.42. The molecule has 2 atom stereocenters. The first-order chi connectivity index (χ1) is 13.1. The van der Waals surface area contributed by atoms with Gasteiger partial charge in [-0.2, -0.15) is 0 Å². The fourth-order valence-electron chi connectivity index (χ4n) is 4.17. The average Bonchev–Trinajstić information content (AvgIpc) is 2.69. The van der Waals surface area contributed by atoms with E-state index < -0.39 is 0 Å². The third kappa shape index (κ3) is 5.58. The van der Waals surface area contributed by atoms with Crippen molar-refractivity contribution < 1.29 is 14.0 Å². The number of anilines is 1. The van der Waals surface area contributed by atoms with E-state index >= 15 is 0 Å². The molecule has 3 N–H and O–H groups in total. The molecule has 0 spiro atoms. The minimum Gasteiger partial charge on any atom is -0.338 e. The van der Waals surface area contributed by atoms with Gasteiger partial charge in [0.25, 0.3) is 0 Å². The topological polar surface area (TPSA) is 73.5 Å². The highest BCUT2D eigenvalue weighted by molar-refractivity contribution is 5.89. The van der Waals surface area contributed by atoms with E-state index in [2.05, 4.69) is 16.0 Å². The minimum atomic E-state index is -0.343. The lowest BCUT2D eigenvalue weighted by molar-refractivity contribution is 0.0843. The van der Waals surface area contributed by atoms with E-state index in [0.717, 1.165) is 19.4 Å². The summed E-state index contributed by atoms with van der Waals surface area (Å²) in [4.78, 5) is 26.3. The van der Waals surface area contributed by atoms with Crippen molar-refractivity contribution in [1.82, 2.24) is 15.5 Å². The van der Waals surface area contributed by atoms with E-state index in [-0.39, 0.29) is 17.9 Å². The molecule has 1 aliphatic carbocycles. The number of piperidine rings is 1. The molecule has 1 aromatic rings. The Morgan fingerprint density at radius 3 is 2.52 bits per heavy atom. The molecular formula is C20H29FN4O2. The number of carbonyl (C=O) groups is 2. The molecule has 1 heterocycles. The van der Waals surface area contributed by atoms with Crippen LogP contribution < -0.4 is 16.0 Å². The van der Waals surface area contributed by atoms with Gasteiger partial charge in [0, 0.05) is 31.4 Å². The number of halogens is 1. The Balaban J connectivity index is 1.32. The number of hydrogen-bond donors (Lipinski definition) is 3. The van der Waals surface area contributed by atoms with Crippen LogP contribution in [0.3, 0.4) is 0 Å². The number of rotatable bonds is 5. The van der Waals surface area contributed by atoms with Crippen LogP contribution in [0, 0.1) is 11.7 Å². The third-order valence-electron chi connectivity index (χ3n) is 5.52. The van der Waals surface area contributed by atoms with Gasteiger partial charge in [-0.05, 0) is 62.3 Å². The van der Waals surface area contributed by atoms with Crippen LogP contribution in [0.2, 0.25) is 0 Å². The second-order valence-electron chi connectivity index (χ2n) is 7.42. The summed E-state index contributed by atoms with van der Waals surface area (Å²) in [6.07, 6.45) is 7.90. The van der Waals surface area contributed by atoms with E-state index in [1.54, 1.807) is 0 Å². The quantitative estimate of drug-likeness (QED) is 0.686. The Labute approximate surface area is 159 Å². The molecule has 1 aliphatic heterocycles. The van der Waals surface area contributed by atoms with Gasteiger partial charge in [0.1, 0.15) is 5.82 Å². The smallest absolute Gasteiger partial charge is 0.319 e. The SMILES string of the molecule is O=C(NCCCNC(=O)N1CCCC2CCCCC21)Nc1ccc(F)cc1. The molecule has 3 rings (SSSR count). The second kappa shape index (κ2) is 9.58. The van der Waals surface area contributed by atoms with Gasteiger partial charge in [0.2, 0.25) is 0 Å². The zero-order valence-electron chi connectivity index (χ0n) is 15.7. The van der Waals surface area contributed by atoms with Crippen LogP contribution in [-0.2, 0) is 0 Å². The lowest BCUT2D eigenvalue weighted by Crippen LogP contribution is -2.53. The van der Waals surface area contributed by atoms with Crippen molar-refractivity contribution in [3.05, 3.63) is 30.1 Å². The molecule has 2 unspecified atom stereocenters. The van der Waals surface area contributed by atoms with Crippen molar-refractivity contribution in [3.8, 4) is 0 Å². The molecule has 2 fully saturated rings. The molecule has 27 heavy (non-hydrogen) atoms. The summed E-state index contributed by atoms with van der Waals surface area (Å²) in [6, 6.07) is 5.70. The van der Waals surface area contributed by atoms with Crippen molar-refractivity contribution in [2.24, 2.45) is 5.92 Å². The largest absolute Gasteiger partial charge is 0.338 e. The summed E-state index contributed by atoms with van der Waals surface area (Å²) >= 11 is 0. The molecule has 6 nitrogen and oxygen atoms in total. The Morgan fingerprint density at radius 1 is 1.00 bits per heavy atom. The first kappa shape index (κ1) is 19.5. The van der Waals surface area contributed by atoms with E-state index in [1.807, 2.05) is 4.90 Å². The lowest BCUT2D eigenvalue weighted by atomic mass is 9.78. The van der Waals surface area contributed by atoms with Crippen LogP contribution in [0.4, 0.5) is 19.7 Å². The maximum Gasteiger partial charge on any atom is 0.319 e. The summed E-state index contributed by atoms with van der Waals surface area (Å²) in [7, 11) is 0. The van der Waals surface area contributed by atoms with E-state index in [9.17, 15) is 14.0 Å². The molecule has 0 aromatic heterocycles. The summed E-state index contributed by atoms with van der Waals surface area (Å²) < 4.78 is 12.8. The standard InChI is InChI=1S/C20H29FN4O2/c21-16-8-10-17(11-9-16)24-19(26)22-12-4-13-23-20(27)25-14-3-6-15-5-1-2-7-18(15)25/h8-11,15,18H,1-7,12-14H2,(H,23,27)(H2,22,24,26). The van der Waals surface area contributed by atoms with Crippen molar-refractivity contribution in [1.29, 1.82) is 0 Å². The molecule has 1 saturated heterocycles. The zero-order chi connectivity index (χ0) is 19.1. The summed E-state index contributed by atoms with van der Waals surface area (Å²) in [5.74, 6) is 0.333. The van der Waals surface area contributed by atoms with Crippen LogP contribution >= 0.6 is 0 Å². The number of fused-ring (bicyclic) bond motifs is 1. The number of amides is 4. The fraction of sp³-hybridized carbons (Fsp3) is 0.600. The lowest BCUT2D eigenvalue weighted by Gasteiger charge is -2.44. The predicted octanol–water partition coefficient (Wildman–Crippen LogP) is 3.70. The first-order valence-electron chi connectivity index (χ1n) is 9.98. The Kier molecular flexibility index (Phi) is 6.90. The zero-order valence-corrected chi connectivity index (χ0v) is 15.7. The van der Waals surface area contributed by atoms with Crippen LogP contribution in [0.5, 0.6) is 0 Å². The van der Waals surface area contributed by atoms with Gasteiger partial charge in [0.05, 0.1) is 0 Å². The first-order valence-corrected chi connectivity index (χ1v) is 9.98. The molecule has 4 amide bonds. The fourth-order valence-corrected chi connectivity index (χ4v) is 4.17. The van der Waals surface area contributed by atoms with Gasteiger partial charge in [-0.15, -0.1) is 0 Å². The van der Waals surface area contributed by atoms with Gasteiger partial charge in [0.15, 0.2) is 0 Å². The number of benzene rings is 1. The molecule has 2 aliphatic rings. The molecule has 0 radical (unpaired) electrons. The maximum atomic E-state index is 12.8. The summed E-state index contributed by atoms with van der Waals surface area (Å²) in [5.41, 5.74) is 0.536. The van der Waals surface area contributed by atoms with Crippen LogP contribution in [0.25, 0.3) is 0 Å². The number of urea groups is 2. The van der Waals surface area contributed by atoms with Crippen LogP contribution in [0.1, 0.15) is 44.9 Å². The van der Waals surface area contributed by atoms with E-state index in [1.165, 1.54) is 49.9 Å². The van der Waals surface area contributed by atoms with E-state index in [0.29, 0.717) is 37.2 Å². The van der Waals surface area contributed by atoms with Crippen molar-refractivity contribution in [3.63, 3.8) is 0 Å². The van der Waals surface area contributed by atoms with Crippen LogP contribution in [-0.4, -0.2) is 42.6 Å². The van der Waals surface area contributed by atoms with Gasteiger partial charge in [-0.3, -0.25) is 0 Å². The number of carbonyl (C=O) groups excluding carboxylic acids is 2. The average molecular weight is 376 g/mol. The Morgan fingerprint density at radius 2 is 1.70 bits per heavy atom. The van der Waals surface area contributed by atoms with Gasteiger partial charge in [-0.1, -0.05) is 12.8 Å². The number of likely N-dealkylation sites (tertiary alicyclic amines) is 1. The highest BCUT2D eigenvalue weighted by atomic mass is 19.1. The Bertz CT molecular complexity index is 635. The van der Waals surface area contributed by atoms with E-state index in [4.69, 9.17) is 0 Å². The molecular weight excluding hydrogens is 347 g/mol. The molecule has 7 heteroatoms. The summed E-state index contributed by atoms with van der Waals surface area (Å²) in [6.45, 7) is 1.84. The van der Waals surface area contributed by atoms with Gasteiger partial charge < -0.3 is 20.9 Å². The van der Waals surface area contributed by atoms with Crippen LogP contribution in [0.15, 0.2) is 24.3 Å². The molecule has 1 aromatic carbocycles. The van der Waals surface area contributed by atoms with Crippen molar-refractivity contribution in [2.75, 3.05) is 25.0 Å². The van der Waals surface area contributed by atoms with Crippen molar-refractivity contribution in [2.45, 2.75) is 51.0 Å².